The fourth-order valence-corrected chi connectivity index (χ4v) is 1.38. The highest BCUT2D eigenvalue weighted by Gasteiger charge is 2.12. The maximum absolute atomic E-state index is 10.7. The van der Waals surface area contributed by atoms with Gasteiger partial charge in [-0.15, -0.1) is 0 Å². The number of aromatic nitrogens is 3. The fraction of sp³-hybridized carbons (Fsp3) is 0.125. The van der Waals surface area contributed by atoms with Gasteiger partial charge in [-0.2, -0.15) is 5.10 Å². The Morgan fingerprint density at radius 3 is 3.00 bits per heavy atom. The second kappa shape index (κ2) is 2.95. The van der Waals surface area contributed by atoms with Crippen molar-refractivity contribution in [3.05, 3.63) is 28.7 Å². The smallest absolute Gasteiger partial charge is 0.340 e. The molecular weight excluding hydrogens is 206 g/mol. The molecule has 6 heteroatoms. The SMILES string of the molecule is Cc1cc2nc(Cl)c(C(=O)O)cn2n1. The van der Waals surface area contributed by atoms with Gasteiger partial charge in [0.05, 0.1) is 5.69 Å². The standard InChI is InChI=1S/C8H6ClN3O2/c1-4-2-6-10-7(9)5(8(13)14)3-12(6)11-4/h2-3H,1H3,(H,13,14). The third kappa shape index (κ3) is 1.31. The summed E-state index contributed by atoms with van der Waals surface area (Å²) in [6.07, 6.45) is 1.35. The molecule has 0 amide bonds. The van der Waals surface area contributed by atoms with Crippen LogP contribution in [0.1, 0.15) is 16.1 Å². The molecule has 0 bridgehead atoms. The van der Waals surface area contributed by atoms with Crippen LogP contribution < -0.4 is 0 Å². The van der Waals surface area contributed by atoms with Crippen molar-refractivity contribution in [2.75, 3.05) is 0 Å². The maximum Gasteiger partial charge on any atom is 0.340 e. The minimum absolute atomic E-state index is 0.0232. The molecule has 0 unspecified atom stereocenters. The molecule has 0 aromatic carbocycles. The number of aromatic carboxylic acids is 1. The van der Waals surface area contributed by atoms with E-state index in [-0.39, 0.29) is 10.7 Å². The van der Waals surface area contributed by atoms with Crippen LogP contribution in [0.5, 0.6) is 0 Å². The maximum atomic E-state index is 10.7. The largest absolute Gasteiger partial charge is 0.478 e. The van der Waals surface area contributed by atoms with Crippen molar-refractivity contribution in [3.63, 3.8) is 0 Å². The van der Waals surface area contributed by atoms with Gasteiger partial charge in [-0.1, -0.05) is 11.6 Å². The summed E-state index contributed by atoms with van der Waals surface area (Å²) in [6, 6.07) is 1.72. The van der Waals surface area contributed by atoms with E-state index in [1.165, 1.54) is 10.7 Å². The molecular formula is C8H6ClN3O2. The number of hydrogen-bond acceptors (Lipinski definition) is 3. The summed E-state index contributed by atoms with van der Waals surface area (Å²) in [4.78, 5) is 14.6. The zero-order chi connectivity index (χ0) is 10.3. The number of aryl methyl sites for hydroxylation is 1. The highest BCUT2D eigenvalue weighted by atomic mass is 35.5. The van der Waals surface area contributed by atoms with E-state index in [1.54, 1.807) is 13.0 Å². The average Bonchev–Trinajstić information content (AvgIpc) is 2.42. The summed E-state index contributed by atoms with van der Waals surface area (Å²) in [5.74, 6) is -1.11. The molecule has 0 saturated heterocycles. The molecule has 2 aromatic rings. The van der Waals surface area contributed by atoms with Crippen LogP contribution in [-0.2, 0) is 0 Å². The van der Waals surface area contributed by atoms with Crippen molar-refractivity contribution >= 4 is 23.2 Å². The van der Waals surface area contributed by atoms with Crippen LogP contribution in [0.4, 0.5) is 0 Å². The van der Waals surface area contributed by atoms with Gasteiger partial charge < -0.3 is 5.11 Å². The van der Waals surface area contributed by atoms with Gasteiger partial charge >= 0.3 is 5.97 Å². The normalized spacial score (nSPS) is 10.7. The van der Waals surface area contributed by atoms with Gasteiger partial charge in [0.15, 0.2) is 5.65 Å². The molecule has 14 heavy (non-hydrogen) atoms. The van der Waals surface area contributed by atoms with Gasteiger partial charge in [-0.05, 0) is 6.92 Å². The van der Waals surface area contributed by atoms with E-state index in [4.69, 9.17) is 16.7 Å². The van der Waals surface area contributed by atoms with E-state index in [1.807, 2.05) is 0 Å². The average molecular weight is 212 g/mol. The quantitative estimate of drug-likeness (QED) is 0.724. The molecule has 0 spiro atoms. The lowest BCUT2D eigenvalue weighted by Crippen LogP contribution is -2.03. The van der Waals surface area contributed by atoms with Crippen molar-refractivity contribution in [1.82, 2.24) is 14.6 Å². The van der Waals surface area contributed by atoms with Crippen molar-refractivity contribution in [3.8, 4) is 0 Å². The summed E-state index contributed by atoms with van der Waals surface area (Å²) in [7, 11) is 0. The Morgan fingerprint density at radius 1 is 1.64 bits per heavy atom. The number of halogens is 1. The molecule has 1 N–H and O–H groups in total. The Kier molecular flexibility index (Phi) is 1.89. The number of hydrogen-bond donors (Lipinski definition) is 1. The summed E-state index contributed by atoms with van der Waals surface area (Å²) in [6.45, 7) is 1.79. The van der Waals surface area contributed by atoms with Crippen LogP contribution in [0.2, 0.25) is 5.15 Å². The second-order valence-electron chi connectivity index (χ2n) is 2.84. The first-order chi connectivity index (χ1) is 6.58. The van der Waals surface area contributed by atoms with Crippen molar-refractivity contribution in [2.45, 2.75) is 6.92 Å². The van der Waals surface area contributed by atoms with Crippen LogP contribution >= 0.6 is 11.6 Å². The Bertz CT molecular complexity index is 521. The fourth-order valence-electron chi connectivity index (χ4n) is 1.16. The molecule has 0 aliphatic rings. The third-order valence-corrected chi connectivity index (χ3v) is 2.04. The molecule has 2 heterocycles. The molecule has 2 rings (SSSR count). The summed E-state index contributed by atoms with van der Waals surface area (Å²) < 4.78 is 1.39. The Morgan fingerprint density at radius 2 is 2.36 bits per heavy atom. The highest BCUT2D eigenvalue weighted by molar-refractivity contribution is 6.32. The van der Waals surface area contributed by atoms with E-state index in [2.05, 4.69) is 10.1 Å². The van der Waals surface area contributed by atoms with Crippen LogP contribution in [0, 0.1) is 6.92 Å². The zero-order valence-electron chi connectivity index (χ0n) is 7.23. The first-order valence-electron chi connectivity index (χ1n) is 3.84. The van der Waals surface area contributed by atoms with Crippen molar-refractivity contribution in [1.29, 1.82) is 0 Å². The Balaban J connectivity index is 2.76. The molecule has 0 aliphatic carbocycles. The number of carbonyl (C=O) groups is 1. The molecule has 5 nitrogen and oxygen atoms in total. The second-order valence-corrected chi connectivity index (χ2v) is 3.20. The Hall–Kier alpha value is -1.62. The number of fused-ring (bicyclic) bond motifs is 1. The molecule has 72 valence electrons. The first-order valence-corrected chi connectivity index (χ1v) is 4.21. The molecule has 0 fully saturated rings. The van der Waals surface area contributed by atoms with Crippen LogP contribution in [-0.4, -0.2) is 25.7 Å². The van der Waals surface area contributed by atoms with E-state index in [9.17, 15) is 4.79 Å². The zero-order valence-corrected chi connectivity index (χ0v) is 7.99. The summed E-state index contributed by atoms with van der Waals surface area (Å²) >= 11 is 5.67. The van der Waals surface area contributed by atoms with Crippen LogP contribution in [0.25, 0.3) is 5.65 Å². The molecule has 0 atom stereocenters. The van der Waals surface area contributed by atoms with Gasteiger partial charge in [0, 0.05) is 12.3 Å². The predicted molar refractivity (Wildman–Crippen MR) is 49.7 cm³/mol. The lowest BCUT2D eigenvalue weighted by molar-refractivity contribution is 0.0696. The van der Waals surface area contributed by atoms with Gasteiger partial charge in [-0.3, -0.25) is 0 Å². The van der Waals surface area contributed by atoms with E-state index in [0.29, 0.717) is 5.65 Å². The molecule has 2 aromatic heterocycles. The van der Waals surface area contributed by atoms with E-state index < -0.39 is 5.97 Å². The summed E-state index contributed by atoms with van der Waals surface area (Å²) in [5.41, 5.74) is 1.25. The lowest BCUT2D eigenvalue weighted by Gasteiger charge is -1.98. The number of nitrogens with zero attached hydrogens (tertiary/aromatic N) is 3. The van der Waals surface area contributed by atoms with Gasteiger partial charge in [-0.25, -0.2) is 14.3 Å². The van der Waals surface area contributed by atoms with Crippen LogP contribution in [0.3, 0.4) is 0 Å². The van der Waals surface area contributed by atoms with E-state index >= 15 is 0 Å². The Labute approximate surface area is 83.9 Å². The van der Waals surface area contributed by atoms with Crippen LogP contribution in [0.15, 0.2) is 12.3 Å². The number of carboxylic acid groups (broad SMARTS) is 1. The minimum atomic E-state index is -1.11. The molecule has 0 aliphatic heterocycles. The number of carboxylic acids is 1. The minimum Gasteiger partial charge on any atom is -0.478 e. The molecule has 0 saturated carbocycles. The highest BCUT2D eigenvalue weighted by Crippen LogP contribution is 2.14. The summed E-state index contributed by atoms with van der Waals surface area (Å²) in [5, 5.41) is 12.8. The predicted octanol–water partition coefficient (Wildman–Crippen LogP) is 1.39. The topological polar surface area (TPSA) is 67.5 Å². The lowest BCUT2D eigenvalue weighted by atomic mass is 10.3. The third-order valence-electron chi connectivity index (χ3n) is 1.75. The van der Waals surface area contributed by atoms with Gasteiger partial charge in [0.1, 0.15) is 10.7 Å². The van der Waals surface area contributed by atoms with Gasteiger partial charge in [0.25, 0.3) is 0 Å². The van der Waals surface area contributed by atoms with Gasteiger partial charge in [0.2, 0.25) is 0 Å². The molecule has 0 radical (unpaired) electrons. The number of rotatable bonds is 1. The van der Waals surface area contributed by atoms with Crippen molar-refractivity contribution < 1.29 is 9.90 Å². The monoisotopic (exact) mass is 211 g/mol. The van der Waals surface area contributed by atoms with E-state index in [0.717, 1.165) is 5.69 Å². The van der Waals surface area contributed by atoms with Crippen molar-refractivity contribution in [2.24, 2.45) is 0 Å². The first kappa shape index (κ1) is 8.96.